The van der Waals surface area contributed by atoms with Crippen LogP contribution in [0.2, 0.25) is 0 Å². The maximum absolute atomic E-state index is 4.82. The van der Waals surface area contributed by atoms with Gasteiger partial charge in [0.25, 0.3) is 5.78 Å². The summed E-state index contributed by atoms with van der Waals surface area (Å²) in [6.07, 6.45) is 4.18. The highest BCUT2D eigenvalue weighted by Gasteiger charge is 2.30. The fourth-order valence-corrected chi connectivity index (χ4v) is 4.72. The van der Waals surface area contributed by atoms with Gasteiger partial charge in [-0.05, 0) is 50.8 Å². The lowest BCUT2D eigenvalue weighted by Gasteiger charge is -2.42. The van der Waals surface area contributed by atoms with Gasteiger partial charge in [-0.15, -0.1) is 5.10 Å². The predicted octanol–water partition coefficient (Wildman–Crippen LogP) is 3.20. The molecule has 0 bridgehead atoms. The molecule has 1 aromatic carbocycles. The molecule has 0 unspecified atom stereocenters. The third-order valence-corrected chi connectivity index (χ3v) is 6.10. The molecule has 0 spiro atoms. The summed E-state index contributed by atoms with van der Waals surface area (Å²) in [7, 11) is 0. The first-order valence-electron chi connectivity index (χ1n) is 10.5. The third kappa shape index (κ3) is 2.82. The van der Waals surface area contributed by atoms with E-state index >= 15 is 0 Å². The van der Waals surface area contributed by atoms with Crippen molar-refractivity contribution in [1.29, 1.82) is 0 Å². The summed E-state index contributed by atoms with van der Waals surface area (Å²) >= 11 is 0. The van der Waals surface area contributed by atoms with Crippen molar-refractivity contribution in [1.82, 2.24) is 19.6 Å². The molecule has 6 heteroatoms. The molecule has 28 heavy (non-hydrogen) atoms. The van der Waals surface area contributed by atoms with Crippen molar-refractivity contribution < 1.29 is 0 Å². The smallest absolute Gasteiger partial charge is 0.254 e. The molecule has 3 aromatic rings. The quantitative estimate of drug-likeness (QED) is 0.703. The summed E-state index contributed by atoms with van der Waals surface area (Å²) in [5.41, 5.74) is 5.25. The van der Waals surface area contributed by atoms with Crippen molar-refractivity contribution in [3.8, 4) is 0 Å². The lowest BCUT2D eigenvalue weighted by Crippen LogP contribution is -2.53. The molecule has 0 saturated carbocycles. The number of nitrogens with zero attached hydrogens (tertiary/aromatic N) is 6. The highest BCUT2D eigenvalue weighted by molar-refractivity contribution is 5.59. The lowest BCUT2D eigenvalue weighted by molar-refractivity contribution is 0.541. The molecule has 5 rings (SSSR count). The average Bonchev–Trinajstić information content (AvgIpc) is 3.31. The molecule has 3 heterocycles. The van der Waals surface area contributed by atoms with Gasteiger partial charge in [0.2, 0.25) is 0 Å². The van der Waals surface area contributed by atoms with Gasteiger partial charge in [-0.3, -0.25) is 0 Å². The van der Waals surface area contributed by atoms with Crippen LogP contribution in [0, 0.1) is 6.92 Å². The zero-order valence-corrected chi connectivity index (χ0v) is 17.0. The maximum atomic E-state index is 4.82. The van der Waals surface area contributed by atoms with Crippen LogP contribution in [0.25, 0.3) is 5.78 Å². The minimum atomic E-state index is 0.435. The van der Waals surface area contributed by atoms with E-state index in [0.29, 0.717) is 6.04 Å². The van der Waals surface area contributed by atoms with Crippen LogP contribution in [0.3, 0.4) is 0 Å². The molecule has 1 saturated heterocycles. The Morgan fingerprint density at radius 2 is 2.04 bits per heavy atom. The van der Waals surface area contributed by atoms with Gasteiger partial charge in [-0.25, -0.2) is 4.98 Å². The number of hydrogen-bond donors (Lipinski definition) is 0. The van der Waals surface area contributed by atoms with Gasteiger partial charge >= 0.3 is 0 Å². The van der Waals surface area contributed by atoms with Crippen molar-refractivity contribution in [2.24, 2.45) is 0 Å². The second kappa shape index (κ2) is 6.76. The standard InChI is InChI=1S/C22H28N6/c1-4-20-24-22-23-19-10-6-9-18(19)21(28(22)25-20)26-11-12-27(16(3)14-26)17-8-5-7-15(2)13-17/h5,7-8,13,16H,4,6,9-12,14H2,1-3H3/t16-/m1/s1. The highest BCUT2D eigenvalue weighted by atomic mass is 15.4. The summed E-state index contributed by atoms with van der Waals surface area (Å²) in [4.78, 5) is 14.5. The third-order valence-electron chi connectivity index (χ3n) is 6.10. The molecule has 2 aliphatic rings. The Balaban J connectivity index is 1.51. The van der Waals surface area contributed by atoms with Crippen LogP contribution in [0.5, 0.6) is 0 Å². The molecule has 1 aliphatic carbocycles. The van der Waals surface area contributed by atoms with E-state index in [2.05, 4.69) is 59.8 Å². The largest absolute Gasteiger partial charge is 0.365 e. The van der Waals surface area contributed by atoms with Crippen LogP contribution < -0.4 is 9.80 Å². The first kappa shape index (κ1) is 17.5. The van der Waals surface area contributed by atoms with E-state index in [-0.39, 0.29) is 0 Å². The lowest BCUT2D eigenvalue weighted by atomic mass is 10.1. The van der Waals surface area contributed by atoms with Crippen LogP contribution >= 0.6 is 0 Å². The van der Waals surface area contributed by atoms with Gasteiger partial charge in [-0.1, -0.05) is 19.1 Å². The summed E-state index contributed by atoms with van der Waals surface area (Å²) in [5, 5.41) is 4.79. The van der Waals surface area contributed by atoms with Crippen LogP contribution in [-0.2, 0) is 19.3 Å². The molecule has 6 nitrogen and oxygen atoms in total. The van der Waals surface area contributed by atoms with Crippen molar-refractivity contribution in [2.45, 2.75) is 52.5 Å². The van der Waals surface area contributed by atoms with E-state index < -0.39 is 0 Å². The Morgan fingerprint density at radius 3 is 2.82 bits per heavy atom. The summed E-state index contributed by atoms with van der Waals surface area (Å²) < 4.78 is 2.01. The summed E-state index contributed by atoms with van der Waals surface area (Å²) in [6.45, 7) is 9.58. The van der Waals surface area contributed by atoms with Crippen LogP contribution in [0.15, 0.2) is 24.3 Å². The molecule has 146 valence electrons. The van der Waals surface area contributed by atoms with Gasteiger partial charge in [0.05, 0.1) is 5.69 Å². The summed E-state index contributed by atoms with van der Waals surface area (Å²) in [6, 6.07) is 9.28. The summed E-state index contributed by atoms with van der Waals surface area (Å²) in [5.74, 6) is 2.88. The van der Waals surface area contributed by atoms with E-state index in [9.17, 15) is 0 Å². The average molecular weight is 377 g/mol. The predicted molar refractivity (Wildman–Crippen MR) is 112 cm³/mol. The van der Waals surface area contributed by atoms with E-state index in [1.165, 1.54) is 34.7 Å². The van der Waals surface area contributed by atoms with Gasteiger partial charge in [-0.2, -0.15) is 9.50 Å². The monoisotopic (exact) mass is 376 g/mol. The molecule has 1 fully saturated rings. The zero-order chi connectivity index (χ0) is 19.3. The van der Waals surface area contributed by atoms with Crippen molar-refractivity contribution in [3.63, 3.8) is 0 Å². The van der Waals surface area contributed by atoms with Gasteiger partial charge in [0, 0.05) is 43.3 Å². The van der Waals surface area contributed by atoms with E-state index in [4.69, 9.17) is 10.1 Å². The topological polar surface area (TPSA) is 49.6 Å². The van der Waals surface area contributed by atoms with Gasteiger partial charge in [0.15, 0.2) is 5.82 Å². The van der Waals surface area contributed by atoms with Crippen molar-refractivity contribution in [2.75, 3.05) is 29.4 Å². The number of fused-ring (bicyclic) bond motifs is 2. The fraction of sp³-hybridized carbons (Fsp3) is 0.500. The van der Waals surface area contributed by atoms with Gasteiger partial charge < -0.3 is 9.80 Å². The number of benzene rings is 1. The minimum Gasteiger partial charge on any atom is -0.365 e. The van der Waals surface area contributed by atoms with E-state index in [1.807, 2.05) is 4.52 Å². The first-order chi connectivity index (χ1) is 13.6. The second-order valence-electron chi connectivity index (χ2n) is 8.14. The highest BCUT2D eigenvalue weighted by Crippen LogP contribution is 2.33. The number of anilines is 2. The van der Waals surface area contributed by atoms with Crippen molar-refractivity contribution in [3.05, 3.63) is 46.9 Å². The number of aryl methyl sites for hydroxylation is 3. The van der Waals surface area contributed by atoms with Crippen LogP contribution in [0.4, 0.5) is 11.5 Å². The van der Waals surface area contributed by atoms with Gasteiger partial charge in [0.1, 0.15) is 5.82 Å². The number of hydrogen-bond acceptors (Lipinski definition) is 5. The molecule has 2 aromatic heterocycles. The Labute approximate surface area is 166 Å². The Hall–Kier alpha value is -2.63. The Morgan fingerprint density at radius 1 is 1.14 bits per heavy atom. The zero-order valence-electron chi connectivity index (χ0n) is 17.0. The number of rotatable bonds is 3. The molecule has 1 aliphatic heterocycles. The maximum Gasteiger partial charge on any atom is 0.254 e. The second-order valence-corrected chi connectivity index (χ2v) is 8.14. The van der Waals surface area contributed by atoms with Crippen LogP contribution in [-0.4, -0.2) is 45.3 Å². The molecule has 0 amide bonds. The fourth-order valence-electron chi connectivity index (χ4n) is 4.72. The van der Waals surface area contributed by atoms with Crippen LogP contribution in [0.1, 0.15) is 42.9 Å². The van der Waals surface area contributed by atoms with E-state index in [0.717, 1.165) is 50.5 Å². The molecular weight excluding hydrogens is 348 g/mol. The Kier molecular flexibility index (Phi) is 4.22. The molecule has 0 N–H and O–H groups in total. The minimum absolute atomic E-state index is 0.435. The normalized spacial score (nSPS) is 19.5. The van der Waals surface area contributed by atoms with Crippen molar-refractivity contribution >= 4 is 17.3 Å². The van der Waals surface area contributed by atoms with E-state index in [1.54, 1.807) is 0 Å². The molecular formula is C22H28N6. The molecule has 1 atom stereocenters. The number of aromatic nitrogens is 4. The molecule has 0 radical (unpaired) electrons. The SMILES string of the molecule is CCc1nc2nc3c(c(N4CCN(c5cccc(C)c5)[C@H](C)C4)n2n1)CCC3. The Bertz CT molecular complexity index is 1020. The number of piperazine rings is 1. The first-order valence-corrected chi connectivity index (χ1v) is 10.5.